The van der Waals surface area contributed by atoms with Gasteiger partial charge in [0, 0.05) is 18.6 Å². The molecule has 0 bridgehead atoms. The molecule has 0 radical (unpaired) electrons. The van der Waals surface area contributed by atoms with Crippen molar-refractivity contribution in [1.29, 1.82) is 0 Å². The molecule has 0 aliphatic heterocycles. The SMILES string of the molecule is COc1cc(C)c(C(=O)c2c(Cc3cc(=O)cc(OC)o3)cccc2OC)c(OC)c1. The molecule has 31 heavy (non-hydrogen) atoms. The molecule has 0 aliphatic carbocycles. The first-order valence-corrected chi connectivity index (χ1v) is 9.53. The van der Waals surface area contributed by atoms with E-state index in [-0.39, 0.29) is 23.6 Å². The van der Waals surface area contributed by atoms with Crippen LogP contribution in [0.25, 0.3) is 0 Å². The van der Waals surface area contributed by atoms with Crippen molar-refractivity contribution in [3.63, 3.8) is 0 Å². The largest absolute Gasteiger partial charge is 0.497 e. The van der Waals surface area contributed by atoms with E-state index in [0.29, 0.717) is 45.3 Å². The van der Waals surface area contributed by atoms with Crippen molar-refractivity contribution >= 4 is 5.78 Å². The Balaban J connectivity index is 2.15. The highest BCUT2D eigenvalue weighted by Crippen LogP contribution is 2.34. The van der Waals surface area contributed by atoms with E-state index in [9.17, 15) is 9.59 Å². The van der Waals surface area contributed by atoms with Crippen molar-refractivity contribution in [3.05, 3.63) is 80.7 Å². The summed E-state index contributed by atoms with van der Waals surface area (Å²) in [6, 6.07) is 11.3. The molecule has 0 aliphatic rings. The molecular formula is C24H24O7. The molecule has 0 atom stereocenters. The van der Waals surface area contributed by atoms with Crippen molar-refractivity contribution in [3.8, 4) is 23.2 Å². The number of hydrogen-bond donors (Lipinski definition) is 0. The molecule has 2 aromatic carbocycles. The average Bonchev–Trinajstić information content (AvgIpc) is 2.77. The minimum Gasteiger partial charge on any atom is -0.497 e. The summed E-state index contributed by atoms with van der Waals surface area (Å²) >= 11 is 0. The van der Waals surface area contributed by atoms with Crippen molar-refractivity contribution in [2.45, 2.75) is 13.3 Å². The molecule has 7 heteroatoms. The molecule has 0 unspecified atom stereocenters. The lowest BCUT2D eigenvalue weighted by Gasteiger charge is -2.17. The first-order chi connectivity index (χ1) is 14.9. The van der Waals surface area contributed by atoms with Gasteiger partial charge in [-0.1, -0.05) is 12.1 Å². The molecule has 0 fully saturated rings. The molecule has 162 valence electrons. The molecule has 1 aromatic heterocycles. The number of carbonyl (C=O) groups is 1. The fourth-order valence-electron chi connectivity index (χ4n) is 3.45. The number of ether oxygens (including phenoxy) is 4. The van der Waals surface area contributed by atoms with Crippen LogP contribution in [0.1, 0.15) is 32.8 Å². The summed E-state index contributed by atoms with van der Waals surface area (Å²) in [7, 11) is 5.97. The topological polar surface area (TPSA) is 84.2 Å². The fourth-order valence-corrected chi connectivity index (χ4v) is 3.45. The van der Waals surface area contributed by atoms with Gasteiger partial charge in [0.15, 0.2) is 5.43 Å². The lowest BCUT2D eigenvalue weighted by Crippen LogP contribution is -2.12. The van der Waals surface area contributed by atoms with E-state index in [0.717, 1.165) is 0 Å². The quantitative estimate of drug-likeness (QED) is 0.509. The number of hydrogen-bond acceptors (Lipinski definition) is 7. The van der Waals surface area contributed by atoms with Crippen molar-refractivity contribution in [2.75, 3.05) is 28.4 Å². The van der Waals surface area contributed by atoms with Crippen LogP contribution in [0.2, 0.25) is 0 Å². The number of ketones is 1. The van der Waals surface area contributed by atoms with E-state index in [1.165, 1.54) is 33.5 Å². The maximum absolute atomic E-state index is 13.7. The van der Waals surface area contributed by atoms with Crippen LogP contribution in [-0.4, -0.2) is 34.2 Å². The normalized spacial score (nSPS) is 10.5. The van der Waals surface area contributed by atoms with Crippen LogP contribution in [0, 0.1) is 6.92 Å². The third-order valence-electron chi connectivity index (χ3n) is 4.88. The zero-order valence-corrected chi connectivity index (χ0v) is 18.1. The molecule has 1 heterocycles. The fraction of sp³-hybridized carbons (Fsp3) is 0.250. The molecule has 0 spiro atoms. The Morgan fingerprint density at radius 1 is 0.871 bits per heavy atom. The summed E-state index contributed by atoms with van der Waals surface area (Å²) in [5, 5.41) is 0. The monoisotopic (exact) mass is 424 g/mol. The first-order valence-electron chi connectivity index (χ1n) is 9.53. The van der Waals surface area contributed by atoms with Crippen LogP contribution >= 0.6 is 0 Å². The van der Waals surface area contributed by atoms with Gasteiger partial charge >= 0.3 is 0 Å². The summed E-state index contributed by atoms with van der Waals surface area (Å²) in [5.41, 5.74) is 1.86. The van der Waals surface area contributed by atoms with Gasteiger partial charge in [-0.25, -0.2) is 0 Å². The first kappa shape index (κ1) is 22.0. The summed E-state index contributed by atoms with van der Waals surface area (Å²) in [6.07, 6.45) is 0.197. The van der Waals surface area contributed by atoms with E-state index in [1.807, 2.05) is 6.92 Å². The van der Waals surface area contributed by atoms with Gasteiger partial charge in [0.2, 0.25) is 5.78 Å². The predicted molar refractivity (Wildman–Crippen MR) is 115 cm³/mol. The number of aryl methyl sites for hydroxylation is 1. The third-order valence-corrected chi connectivity index (χ3v) is 4.88. The minimum absolute atomic E-state index is 0.103. The van der Waals surface area contributed by atoms with E-state index < -0.39 is 0 Å². The standard InChI is InChI=1S/C24H24O7/c1-14-9-17(27-2)13-20(29-4)22(14)24(26)23-15(7-6-8-19(23)28-3)10-18-11-16(25)12-21(30-5)31-18/h6-9,11-13H,10H2,1-5H3. The van der Waals surface area contributed by atoms with E-state index >= 15 is 0 Å². The molecule has 3 rings (SSSR count). The molecule has 0 amide bonds. The van der Waals surface area contributed by atoms with Gasteiger partial charge in [-0.2, -0.15) is 0 Å². The second-order valence-electron chi connectivity index (χ2n) is 6.80. The Morgan fingerprint density at radius 3 is 2.26 bits per heavy atom. The van der Waals surface area contributed by atoms with Crippen LogP contribution < -0.4 is 24.4 Å². The summed E-state index contributed by atoms with van der Waals surface area (Å²) in [5.74, 6) is 1.59. The van der Waals surface area contributed by atoms with Gasteiger partial charge in [0.1, 0.15) is 23.0 Å². The Kier molecular flexibility index (Phi) is 6.65. The smallest absolute Gasteiger partial charge is 0.288 e. The summed E-state index contributed by atoms with van der Waals surface area (Å²) < 4.78 is 26.9. The van der Waals surface area contributed by atoms with E-state index in [1.54, 1.807) is 37.4 Å². The second-order valence-corrected chi connectivity index (χ2v) is 6.80. The maximum atomic E-state index is 13.7. The van der Waals surface area contributed by atoms with Crippen molar-refractivity contribution in [2.24, 2.45) is 0 Å². The molecule has 0 N–H and O–H groups in total. The Morgan fingerprint density at radius 2 is 1.61 bits per heavy atom. The van der Waals surface area contributed by atoms with Gasteiger partial charge < -0.3 is 23.4 Å². The number of methoxy groups -OCH3 is 4. The lowest BCUT2D eigenvalue weighted by molar-refractivity contribution is 0.103. The van der Waals surface area contributed by atoms with Gasteiger partial charge in [-0.05, 0) is 30.2 Å². The highest BCUT2D eigenvalue weighted by molar-refractivity contribution is 6.14. The number of benzene rings is 2. The van der Waals surface area contributed by atoms with Gasteiger partial charge in [0.25, 0.3) is 5.95 Å². The molecular weight excluding hydrogens is 400 g/mol. The Labute approximate surface area is 180 Å². The molecule has 3 aromatic rings. The zero-order valence-electron chi connectivity index (χ0n) is 18.1. The molecule has 0 saturated carbocycles. The van der Waals surface area contributed by atoms with Gasteiger partial charge in [-0.15, -0.1) is 0 Å². The van der Waals surface area contributed by atoms with Crippen LogP contribution in [0.3, 0.4) is 0 Å². The summed E-state index contributed by atoms with van der Waals surface area (Å²) in [6.45, 7) is 1.81. The Hall–Kier alpha value is -3.74. The highest BCUT2D eigenvalue weighted by atomic mass is 16.6. The predicted octanol–water partition coefficient (Wildman–Crippen LogP) is 3.80. The third kappa shape index (κ3) is 4.55. The van der Waals surface area contributed by atoms with Crippen molar-refractivity contribution in [1.82, 2.24) is 0 Å². The number of rotatable bonds is 8. The van der Waals surface area contributed by atoms with E-state index in [4.69, 9.17) is 23.4 Å². The summed E-state index contributed by atoms with van der Waals surface area (Å²) in [4.78, 5) is 25.7. The second kappa shape index (κ2) is 9.38. The lowest BCUT2D eigenvalue weighted by atomic mass is 9.92. The zero-order chi connectivity index (χ0) is 22.5. The van der Waals surface area contributed by atoms with Gasteiger partial charge in [0.05, 0.1) is 45.6 Å². The minimum atomic E-state index is -0.269. The van der Waals surface area contributed by atoms with Crippen LogP contribution in [0.5, 0.6) is 23.2 Å². The van der Waals surface area contributed by atoms with Crippen LogP contribution in [0.15, 0.2) is 51.7 Å². The van der Waals surface area contributed by atoms with E-state index in [2.05, 4.69) is 0 Å². The highest BCUT2D eigenvalue weighted by Gasteiger charge is 2.25. The Bertz CT molecular complexity index is 1160. The van der Waals surface area contributed by atoms with Crippen LogP contribution in [0.4, 0.5) is 0 Å². The average molecular weight is 424 g/mol. The molecule has 7 nitrogen and oxygen atoms in total. The van der Waals surface area contributed by atoms with Crippen molar-refractivity contribution < 1.29 is 28.2 Å². The number of carbonyl (C=O) groups excluding carboxylic acids is 1. The maximum Gasteiger partial charge on any atom is 0.288 e. The van der Waals surface area contributed by atoms with Crippen LogP contribution in [-0.2, 0) is 6.42 Å². The molecule has 0 saturated heterocycles. The van der Waals surface area contributed by atoms with Gasteiger partial charge in [-0.3, -0.25) is 9.59 Å².